The van der Waals surface area contributed by atoms with E-state index in [-0.39, 0.29) is 0 Å². The Balaban J connectivity index is 3.10. The molecule has 0 unspecified atom stereocenters. The lowest BCUT2D eigenvalue weighted by Crippen LogP contribution is -2.33. The molecular weight excluding hydrogens is 98.9 g/mol. The number of hydrogen-bond acceptors (Lipinski definition) is 2. The zero-order chi connectivity index (χ0) is 6.57. The van der Waals surface area contributed by atoms with Crippen molar-refractivity contribution in [3.05, 3.63) is 0 Å². The van der Waals surface area contributed by atoms with Crippen LogP contribution in [0.5, 0.6) is 0 Å². The van der Waals surface area contributed by atoms with Crippen LogP contribution in [0.1, 0.15) is 6.92 Å². The SMILES string of the molecule is [B-]N(C)C[C@H](C)NC. The van der Waals surface area contributed by atoms with Gasteiger partial charge in [-0.3, -0.25) is 0 Å². The molecular formula is C5H13BN2-. The average Bonchev–Trinajstić information content (AvgIpc) is 1.65. The van der Waals surface area contributed by atoms with E-state index in [0.717, 1.165) is 6.54 Å². The highest BCUT2D eigenvalue weighted by molar-refractivity contribution is 6.04. The summed E-state index contributed by atoms with van der Waals surface area (Å²) in [6.45, 7) is 2.97. The summed E-state index contributed by atoms with van der Waals surface area (Å²) in [4.78, 5) is 1.67. The minimum absolute atomic E-state index is 0.477. The molecule has 1 atom stereocenters. The van der Waals surface area contributed by atoms with E-state index in [1.165, 1.54) is 0 Å². The third-order valence-electron chi connectivity index (χ3n) is 1.05. The second-order valence-electron chi connectivity index (χ2n) is 2.13. The molecule has 0 aromatic rings. The summed E-state index contributed by atoms with van der Waals surface area (Å²) in [6.07, 6.45) is 0. The molecule has 3 radical (unpaired) electrons. The van der Waals surface area contributed by atoms with E-state index in [0.29, 0.717) is 6.04 Å². The Kier molecular flexibility index (Phi) is 3.92. The molecule has 0 heterocycles. The van der Waals surface area contributed by atoms with Crippen molar-refractivity contribution in [2.45, 2.75) is 13.0 Å². The number of rotatable bonds is 3. The first-order valence-corrected chi connectivity index (χ1v) is 2.80. The van der Waals surface area contributed by atoms with E-state index in [1.54, 1.807) is 4.81 Å². The fourth-order valence-electron chi connectivity index (χ4n) is 0.523. The molecule has 0 aliphatic rings. The third-order valence-corrected chi connectivity index (χ3v) is 1.05. The summed E-state index contributed by atoms with van der Waals surface area (Å²) in [5.74, 6) is 0. The molecule has 0 aromatic carbocycles. The molecule has 3 heteroatoms. The Morgan fingerprint density at radius 3 is 2.38 bits per heavy atom. The van der Waals surface area contributed by atoms with Crippen molar-refractivity contribution in [1.29, 1.82) is 0 Å². The molecule has 0 fully saturated rings. The first-order chi connectivity index (χ1) is 3.66. The van der Waals surface area contributed by atoms with E-state index < -0.39 is 0 Å². The van der Waals surface area contributed by atoms with Crippen LogP contribution >= 0.6 is 0 Å². The van der Waals surface area contributed by atoms with E-state index in [4.69, 9.17) is 7.98 Å². The zero-order valence-corrected chi connectivity index (χ0v) is 5.81. The number of hydrogen-bond donors (Lipinski definition) is 1. The number of likely N-dealkylation sites (N-methyl/N-ethyl adjacent to an activating group) is 2. The van der Waals surface area contributed by atoms with Gasteiger partial charge in [0, 0.05) is 6.04 Å². The van der Waals surface area contributed by atoms with Crippen LogP contribution in [0, 0.1) is 0 Å². The van der Waals surface area contributed by atoms with Gasteiger partial charge >= 0.3 is 0 Å². The maximum atomic E-state index is 5.36. The van der Waals surface area contributed by atoms with Crippen LogP contribution in [0.25, 0.3) is 0 Å². The molecule has 1 N–H and O–H groups in total. The van der Waals surface area contributed by atoms with Crippen LogP contribution in [0.2, 0.25) is 0 Å². The minimum atomic E-state index is 0.477. The fraction of sp³-hybridized carbons (Fsp3) is 1.00. The van der Waals surface area contributed by atoms with Crippen LogP contribution in [0.4, 0.5) is 0 Å². The Labute approximate surface area is 52.7 Å². The van der Waals surface area contributed by atoms with Crippen LogP contribution in [0.15, 0.2) is 0 Å². The Morgan fingerprint density at radius 1 is 1.75 bits per heavy atom. The van der Waals surface area contributed by atoms with Gasteiger partial charge in [0.25, 0.3) is 0 Å². The van der Waals surface area contributed by atoms with Crippen molar-refractivity contribution in [3.8, 4) is 0 Å². The second-order valence-corrected chi connectivity index (χ2v) is 2.13. The van der Waals surface area contributed by atoms with Crippen LogP contribution < -0.4 is 5.32 Å². The Morgan fingerprint density at radius 2 is 2.25 bits per heavy atom. The van der Waals surface area contributed by atoms with Gasteiger partial charge in [-0.25, -0.2) is 0 Å². The lowest BCUT2D eigenvalue weighted by molar-refractivity contribution is 0.454. The smallest absolute Gasteiger partial charge is 0.0128 e. The van der Waals surface area contributed by atoms with Crippen molar-refractivity contribution in [2.75, 3.05) is 20.6 Å². The second kappa shape index (κ2) is 3.92. The van der Waals surface area contributed by atoms with E-state index in [2.05, 4.69) is 12.2 Å². The molecule has 0 saturated carbocycles. The summed E-state index contributed by atoms with van der Waals surface area (Å²) < 4.78 is 0. The molecule has 47 valence electrons. The Hall–Kier alpha value is -0.0151. The van der Waals surface area contributed by atoms with Gasteiger partial charge in [-0.15, -0.1) is 0 Å². The van der Waals surface area contributed by atoms with E-state index in [9.17, 15) is 0 Å². The summed E-state index contributed by atoms with van der Waals surface area (Å²) in [5, 5.41) is 3.07. The normalized spacial score (nSPS) is 14.6. The first kappa shape index (κ1) is 7.98. The van der Waals surface area contributed by atoms with Gasteiger partial charge in [0.15, 0.2) is 0 Å². The van der Waals surface area contributed by atoms with Crippen molar-refractivity contribution in [2.24, 2.45) is 0 Å². The topological polar surface area (TPSA) is 15.3 Å². The van der Waals surface area contributed by atoms with Crippen molar-refractivity contribution in [3.63, 3.8) is 0 Å². The molecule has 2 nitrogen and oxygen atoms in total. The molecule has 0 aliphatic carbocycles. The van der Waals surface area contributed by atoms with Crippen molar-refractivity contribution in [1.82, 2.24) is 10.1 Å². The average molecular weight is 112 g/mol. The summed E-state index contributed by atoms with van der Waals surface area (Å²) in [5.41, 5.74) is 0. The van der Waals surface area contributed by atoms with Gasteiger partial charge in [-0.1, -0.05) is 7.05 Å². The van der Waals surface area contributed by atoms with E-state index >= 15 is 0 Å². The molecule has 0 aromatic heterocycles. The molecule has 0 aliphatic heterocycles. The maximum absolute atomic E-state index is 5.36. The highest BCUT2D eigenvalue weighted by Gasteiger charge is 1.90. The summed E-state index contributed by atoms with van der Waals surface area (Å²) >= 11 is 0. The fourth-order valence-corrected chi connectivity index (χ4v) is 0.523. The lowest BCUT2D eigenvalue weighted by Gasteiger charge is -2.29. The van der Waals surface area contributed by atoms with Gasteiger partial charge in [0.2, 0.25) is 0 Å². The molecule has 0 amide bonds. The highest BCUT2D eigenvalue weighted by atomic mass is 15.0. The van der Waals surface area contributed by atoms with E-state index in [1.807, 2.05) is 14.1 Å². The third kappa shape index (κ3) is 4.15. The van der Waals surface area contributed by atoms with Gasteiger partial charge < -0.3 is 18.1 Å². The van der Waals surface area contributed by atoms with Gasteiger partial charge in [0.05, 0.1) is 0 Å². The van der Waals surface area contributed by atoms with Crippen LogP contribution in [-0.4, -0.2) is 39.5 Å². The Bertz CT molecular complexity index is 56.4. The molecule has 8 heavy (non-hydrogen) atoms. The molecule has 0 rings (SSSR count). The van der Waals surface area contributed by atoms with Gasteiger partial charge in [-0.05, 0) is 20.5 Å². The summed E-state index contributed by atoms with van der Waals surface area (Å²) in [6, 6.07) is 0.477. The highest BCUT2D eigenvalue weighted by Crippen LogP contribution is 1.80. The summed E-state index contributed by atoms with van der Waals surface area (Å²) in [7, 11) is 9.14. The standard InChI is InChI=1S/C5H13BN2/c1-5(7-2)4-8(3)6/h5,7H,4H2,1-3H3/q-1/t5-/m0/s1. The van der Waals surface area contributed by atoms with Crippen molar-refractivity contribution < 1.29 is 0 Å². The number of nitrogens with zero attached hydrogens (tertiary/aromatic N) is 1. The maximum Gasteiger partial charge on any atom is 0.0128 e. The van der Waals surface area contributed by atoms with Crippen LogP contribution in [0.3, 0.4) is 0 Å². The van der Waals surface area contributed by atoms with Crippen LogP contribution in [-0.2, 0) is 0 Å². The molecule has 0 spiro atoms. The van der Waals surface area contributed by atoms with Crippen molar-refractivity contribution >= 4 is 7.98 Å². The first-order valence-electron chi connectivity index (χ1n) is 2.80. The molecule has 0 saturated heterocycles. The molecule has 0 bridgehead atoms. The van der Waals surface area contributed by atoms with Gasteiger partial charge in [-0.2, -0.15) is 0 Å². The zero-order valence-electron chi connectivity index (χ0n) is 5.81. The quantitative estimate of drug-likeness (QED) is 0.500. The predicted molar refractivity (Wildman–Crippen MR) is 36.9 cm³/mol. The minimum Gasteiger partial charge on any atom is -0.582 e. The number of nitrogens with one attached hydrogen (secondary N) is 1. The van der Waals surface area contributed by atoms with Gasteiger partial charge in [0.1, 0.15) is 0 Å². The monoisotopic (exact) mass is 112 g/mol. The largest absolute Gasteiger partial charge is 0.582 e. The lowest BCUT2D eigenvalue weighted by atomic mass is 10.2. The predicted octanol–water partition coefficient (Wildman–Crippen LogP) is -0.390.